The Kier molecular flexibility index (Phi) is 7.21. The van der Waals surface area contributed by atoms with E-state index in [1.807, 2.05) is 72.8 Å². The van der Waals surface area contributed by atoms with E-state index in [1.165, 1.54) is 21.9 Å². The van der Waals surface area contributed by atoms with Crippen LogP contribution in [0.2, 0.25) is 0 Å². The summed E-state index contributed by atoms with van der Waals surface area (Å²) in [5.74, 6) is 1.56. The van der Waals surface area contributed by atoms with E-state index in [2.05, 4.69) is 114 Å². The molecule has 0 bridgehead atoms. The number of fused-ring (bicyclic) bond motifs is 7. The van der Waals surface area contributed by atoms with Crippen molar-refractivity contribution < 1.29 is 0 Å². The fraction of sp³-hybridized carbons (Fsp3) is 0.0417. The van der Waals surface area contributed by atoms with Crippen molar-refractivity contribution >= 4 is 43.6 Å². The lowest BCUT2D eigenvalue weighted by molar-refractivity contribution is 1.07. The second-order valence-electron chi connectivity index (χ2n) is 13.8. The molecule has 0 amide bonds. The lowest BCUT2D eigenvalue weighted by Gasteiger charge is -2.13. The number of hydrogen-bond donors (Lipinski definition) is 0. The van der Waals surface area contributed by atoms with Crippen LogP contribution in [0, 0.1) is 25.2 Å². The van der Waals surface area contributed by atoms with Crippen molar-refractivity contribution in [1.29, 1.82) is 5.26 Å². The molecule has 0 saturated carbocycles. The van der Waals surface area contributed by atoms with E-state index in [1.54, 1.807) is 0 Å². The largest absolute Gasteiger partial charge is 0.309 e. The van der Waals surface area contributed by atoms with Gasteiger partial charge in [0.05, 0.1) is 33.7 Å². The average Bonchev–Trinajstić information content (AvgIpc) is 3.74. The average molecular weight is 693 g/mol. The minimum atomic E-state index is 0.451. The van der Waals surface area contributed by atoms with Crippen LogP contribution in [0.15, 0.2) is 158 Å². The standard InChI is InChI=1S/C48H32N6/c1-30-25-31(2)27-36(26-30)53-42-20-12-10-18-40(42)44-43(53)24-23-39-38-17-9-11-19-41(38)54(45(39)44)35-21-22-37(34(28-35)29-49)48-51-46(32-13-5-3-6-14-32)50-47(52-48)33-15-7-4-8-16-33/h3-28H,1-2H3. The van der Waals surface area contributed by atoms with Crippen LogP contribution in [0.4, 0.5) is 0 Å². The van der Waals surface area contributed by atoms with Gasteiger partial charge in [0.15, 0.2) is 17.5 Å². The van der Waals surface area contributed by atoms with Crippen molar-refractivity contribution in [3.05, 3.63) is 174 Å². The summed E-state index contributed by atoms with van der Waals surface area (Å²) in [5.41, 5.74) is 11.8. The summed E-state index contributed by atoms with van der Waals surface area (Å²) in [6.45, 7) is 4.30. The highest BCUT2D eigenvalue weighted by Gasteiger charge is 2.22. The molecular formula is C48H32N6. The Morgan fingerprint density at radius 1 is 0.463 bits per heavy atom. The van der Waals surface area contributed by atoms with Crippen molar-refractivity contribution in [2.24, 2.45) is 0 Å². The maximum atomic E-state index is 10.8. The Morgan fingerprint density at radius 3 is 1.69 bits per heavy atom. The Bertz CT molecular complexity index is 3050. The molecule has 0 unspecified atom stereocenters. The van der Waals surface area contributed by atoms with Crippen LogP contribution in [0.5, 0.6) is 0 Å². The number of benzene rings is 7. The lowest BCUT2D eigenvalue weighted by atomic mass is 10.1. The molecule has 0 saturated heterocycles. The smallest absolute Gasteiger partial charge is 0.165 e. The van der Waals surface area contributed by atoms with Crippen molar-refractivity contribution in [1.82, 2.24) is 24.1 Å². The van der Waals surface area contributed by atoms with Crippen LogP contribution in [0.1, 0.15) is 16.7 Å². The molecule has 0 spiro atoms. The molecular weight excluding hydrogens is 661 g/mol. The summed E-state index contributed by atoms with van der Waals surface area (Å²) in [5, 5.41) is 15.4. The zero-order valence-corrected chi connectivity index (χ0v) is 29.7. The SMILES string of the molecule is Cc1cc(C)cc(-n2c3ccccc3c3c2ccc2c4ccccc4n(-c4ccc(-c5nc(-c6ccccc6)nc(-c6ccccc6)n5)c(C#N)c4)c23)c1. The van der Waals surface area contributed by atoms with Gasteiger partial charge in [-0.1, -0.05) is 109 Å². The van der Waals surface area contributed by atoms with E-state index in [-0.39, 0.29) is 0 Å². The van der Waals surface area contributed by atoms with Gasteiger partial charge in [-0.15, -0.1) is 0 Å². The summed E-state index contributed by atoms with van der Waals surface area (Å²) in [7, 11) is 0. The number of aromatic nitrogens is 5. The number of nitriles is 1. The Balaban J connectivity index is 1.24. The molecule has 0 aliphatic rings. The van der Waals surface area contributed by atoms with Crippen molar-refractivity contribution in [3.63, 3.8) is 0 Å². The monoisotopic (exact) mass is 692 g/mol. The number of nitrogens with zero attached hydrogens (tertiary/aromatic N) is 6. The Morgan fingerprint density at radius 2 is 1.04 bits per heavy atom. The zero-order valence-electron chi connectivity index (χ0n) is 29.7. The molecule has 10 rings (SSSR count). The van der Waals surface area contributed by atoms with E-state index >= 15 is 0 Å². The predicted octanol–water partition coefficient (Wildman–Crippen LogP) is 11.6. The number of hydrogen-bond acceptors (Lipinski definition) is 4. The number of rotatable bonds is 5. The minimum absolute atomic E-state index is 0.451. The van der Waals surface area contributed by atoms with E-state index in [0.29, 0.717) is 28.6 Å². The zero-order chi connectivity index (χ0) is 36.3. The minimum Gasteiger partial charge on any atom is -0.309 e. The first-order chi connectivity index (χ1) is 26.6. The first-order valence-corrected chi connectivity index (χ1v) is 18.0. The van der Waals surface area contributed by atoms with Crippen molar-refractivity contribution in [3.8, 4) is 51.6 Å². The fourth-order valence-corrected chi connectivity index (χ4v) is 8.02. The first kappa shape index (κ1) is 31.4. The highest BCUT2D eigenvalue weighted by atomic mass is 15.0. The maximum Gasteiger partial charge on any atom is 0.165 e. The van der Waals surface area contributed by atoms with Gasteiger partial charge in [-0.05, 0) is 73.5 Å². The topological polar surface area (TPSA) is 72.3 Å². The van der Waals surface area contributed by atoms with E-state index in [9.17, 15) is 5.26 Å². The molecule has 254 valence electrons. The third-order valence-corrected chi connectivity index (χ3v) is 10.3. The van der Waals surface area contributed by atoms with Gasteiger partial charge in [0, 0.05) is 49.6 Å². The van der Waals surface area contributed by atoms with Gasteiger partial charge in [0.2, 0.25) is 0 Å². The number of para-hydroxylation sites is 2. The van der Waals surface area contributed by atoms with Crippen LogP contribution in [-0.2, 0) is 0 Å². The van der Waals surface area contributed by atoms with Gasteiger partial charge in [0.1, 0.15) is 0 Å². The van der Waals surface area contributed by atoms with Gasteiger partial charge in [-0.25, -0.2) is 15.0 Å². The van der Waals surface area contributed by atoms with Crippen LogP contribution in [-0.4, -0.2) is 24.1 Å². The van der Waals surface area contributed by atoms with Crippen molar-refractivity contribution in [2.45, 2.75) is 13.8 Å². The van der Waals surface area contributed by atoms with Crippen LogP contribution >= 0.6 is 0 Å². The predicted molar refractivity (Wildman–Crippen MR) is 219 cm³/mol. The molecule has 54 heavy (non-hydrogen) atoms. The molecule has 3 heterocycles. The third kappa shape index (κ3) is 4.98. The van der Waals surface area contributed by atoms with Crippen LogP contribution in [0.25, 0.3) is 89.2 Å². The quantitative estimate of drug-likeness (QED) is 0.180. The maximum absolute atomic E-state index is 10.8. The van der Waals surface area contributed by atoms with Crippen molar-refractivity contribution in [2.75, 3.05) is 0 Å². The Labute approximate surface area is 311 Å². The highest BCUT2D eigenvalue weighted by molar-refractivity contribution is 6.26. The van der Waals surface area contributed by atoms with Gasteiger partial charge in [0.25, 0.3) is 0 Å². The molecule has 0 radical (unpaired) electrons. The molecule has 0 N–H and O–H groups in total. The second kappa shape index (κ2) is 12.4. The van der Waals surface area contributed by atoms with E-state index in [4.69, 9.17) is 15.0 Å². The van der Waals surface area contributed by atoms with Gasteiger partial charge in [-0.2, -0.15) is 5.26 Å². The molecule has 3 aromatic heterocycles. The molecule has 0 atom stereocenters. The second-order valence-corrected chi connectivity index (χ2v) is 13.8. The third-order valence-electron chi connectivity index (χ3n) is 10.3. The highest BCUT2D eigenvalue weighted by Crippen LogP contribution is 2.42. The van der Waals surface area contributed by atoms with E-state index in [0.717, 1.165) is 55.3 Å². The van der Waals surface area contributed by atoms with Gasteiger partial charge in [-0.3, -0.25) is 0 Å². The fourth-order valence-electron chi connectivity index (χ4n) is 8.02. The molecule has 10 aromatic rings. The molecule has 0 aliphatic heterocycles. The van der Waals surface area contributed by atoms with Crippen LogP contribution < -0.4 is 0 Å². The molecule has 6 nitrogen and oxygen atoms in total. The van der Waals surface area contributed by atoms with E-state index < -0.39 is 0 Å². The van der Waals surface area contributed by atoms with Crippen LogP contribution in [0.3, 0.4) is 0 Å². The summed E-state index contributed by atoms with van der Waals surface area (Å²) in [6, 6.07) is 56.7. The van der Waals surface area contributed by atoms with Gasteiger partial charge < -0.3 is 9.13 Å². The normalized spacial score (nSPS) is 11.5. The molecule has 6 heteroatoms. The Hall–Kier alpha value is -7.36. The summed E-state index contributed by atoms with van der Waals surface area (Å²) < 4.78 is 4.69. The summed E-state index contributed by atoms with van der Waals surface area (Å²) >= 11 is 0. The summed E-state index contributed by atoms with van der Waals surface area (Å²) in [6.07, 6.45) is 0. The summed E-state index contributed by atoms with van der Waals surface area (Å²) in [4.78, 5) is 14.7. The lowest BCUT2D eigenvalue weighted by Crippen LogP contribution is -2.02. The molecule has 0 aliphatic carbocycles. The molecule has 0 fully saturated rings. The molecule has 7 aromatic carbocycles. The van der Waals surface area contributed by atoms with Gasteiger partial charge >= 0.3 is 0 Å². The first-order valence-electron chi connectivity index (χ1n) is 18.0. The number of aryl methyl sites for hydroxylation is 2.